The van der Waals surface area contributed by atoms with Gasteiger partial charge >= 0.3 is 0 Å². The molecule has 0 amide bonds. The van der Waals surface area contributed by atoms with Crippen LogP contribution in [0.3, 0.4) is 0 Å². The third-order valence-corrected chi connectivity index (χ3v) is 3.31. The lowest BCUT2D eigenvalue weighted by molar-refractivity contribution is 1.12. The van der Waals surface area contributed by atoms with Crippen LogP contribution in [0.2, 0.25) is 15.2 Å². The molecule has 1 aromatic carbocycles. The smallest absolute Gasteiger partial charge is 0.246 e. The Morgan fingerprint density at radius 1 is 1.15 bits per heavy atom. The molecule has 0 saturated heterocycles. The van der Waals surface area contributed by atoms with E-state index in [2.05, 4.69) is 20.5 Å². The Morgan fingerprint density at radius 2 is 1.90 bits per heavy atom. The molecule has 0 aliphatic carbocycles. The molecular formula is C12H10Cl3N5. The molecule has 104 valence electrons. The fraction of sp³-hybridized carbons (Fsp3) is 0.0833. The summed E-state index contributed by atoms with van der Waals surface area (Å²) in [7, 11) is 0. The highest BCUT2D eigenvalue weighted by molar-refractivity contribution is 6.42. The normalized spacial score (nSPS) is 11.5. The number of hydrazone groups is 1. The van der Waals surface area contributed by atoms with Gasteiger partial charge in [-0.3, -0.25) is 0 Å². The predicted octanol–water partition coefficient (Wildman–Crippen LogP) is 3.86. The first kappa shape index (κ1) is 14.8. The number of anilines is 2. The molecule has 0 aliphatic heterocycles. The van der Waals surface area contributed by atoms with Crippen LogP contribution in [-0.2, 0) is 0 Å². The molecule has 2 rings (SSSR count). The van der Waals surface area contributed by atoms with Gasteiger partial charge in [-0.25, -0.2) is 5.43 Å². The number of aromatic nitrogens is 2. The summed E-state index contributed by atoms with van der Waals surface area (Å²) in [6, 6.07) is 6.67. The molecule has 0 spiro atoms. The van der Waals surface area contributed by atoms with E-state index in [1.807, 2.05) is 6.07 Å². The van der Waals surface area contributed by atoms with E-state index in [9.17, 15) is 0 Å². The Bertz CT molecular complexity index is 652. The quantitative estimate of drug-likeness (QED) is 0.509. The zero-order valence-electron chi connectivity index (χ0n) is 10.4. The van der Waals surface area contributed by atoms with Crippen molar-refractivity contribution in [2.24, 2.45) is 5.10 Å². The summed E-state index contributed by atoms with van der Waals surface area (Å²) in [6.07, 6.45) is 0. The molecule has 2 aromatic rings. The van der Waals surface area contributed by atoms with Gasteiger partial charge in [0.2, 0.25) is 5.95 Å². The van der Waals surface area contributed by atoms with Crippen LogP contribution in [0.15, 0.2) is 29.4 Å². The number of hydrogen-bond donors (Lipinski definition) is 2. The molecule has 0 unspecified atom stereocenters. The molecule has 1 heterocycles. The molecule has 5 nitrogen and oxygen atoms in total. The Labute approximate surface area is 130 Å². The van der Waals surface area contributed by atoms with Gasteiger partial charge in [0.1, 0.15) is 11.0 Å². The second-order valence-corrected chi connectivity index (χ2v) is 5.08. The number of nitrogens with zero attached hydrogens (tertiary/aromatic N) is 3. The van der Waals surface area contributed by atoms with Gasteiger partial charge in [0.25, 0.3) is 0 Å². The molecule has 8 heteroatoms. The van der Waals surface area contributed by atoms with Crippen molar-refractivity contribution < 1.29 is 0 Å². The predicted molar refractivity (Wildman–Crippen MR) is 83.8 cm³/mol. The number of hydrogen-bond acceptors (Lipinski definition) is 5. The zero-order valence-corrected chi connectivity index (χ0v) is 12.6. The first-order valence-electron chi connectivity index (χ1n) is 5.51. The van der Waals surface area contributed by atoms with E-state index in [1.165, 1.54) is 6.07 Å². The maximum atomic E-state index is 5.95. The minimum absolute atomic E-state index is 0.217. The van der Waals surface area contributed by atoms with E-state index < -0.39 is 0 Å². The number of halogens is 3. The average molecular weight is 331 g/mol. The van der Waals surface area contributed by atoms with Crippen molar-refractivity contribution in [3.05, 3.63) is 45.0 Å². The van der Waals surface area contributed by atoms with Crippen molar-refractivity contribution in [2.45, 2.75) is 6.92 Å². The molecule has 0 fully saturated rings. The van der Waals surface area contributed by atoms with Gasteiger partial charge in [0, 0.05) is 6.07 Å². The van der Waals surface area contributed by atoms with E-state index in [4.69, 9.17) is 40.5 Å². The zero-order chi connectivity index (χ0) is 14.7. The van der Waals surface area contributed by atoms with Crippen LogP contribution in [0.1, 0.15) is 12.5 Å². The van der Waals surface area contributed by atoms with Crippen molar-refractivity contribution >= 4 is 52.3 Å². The van der Waals surface area contributed by atoms with Gasteiger partial charge in [0.05, 0.1) is 15.8 Å². The summed E-state index contributed by atoms with van der Waals surface area (Å²) in [4.78, 5) is 7.89. The fourth-order valence-electron chi connectivity index (χ4n) is 1.40. The van der Waals surface area contributed by atoms with Crippen LogP contribution in [0.4, 0.5) is 11.8 Å². The molecule has 0 aliphatic rings. The summed E-state index contributed by atoms with van der Waals surface area (Å²) < 4.78 is 0. The number of nitrogens with one attached hydrogen (secondary N) is 1. The average Bonchev–Trinajstić information content (AvgIpc) is 2.38. The minimum atomic E-state index is 0.217. The Morgan fingerprint density at radius 3 is 2.55 bits per heavy atom. The third kappa shape index (κ3) is 3.72. The van der Waals surface area contributed by atoms with Crippen LogP contribution in [0.25, 0.3) is 0 Å². The summed E-state index contributed by atoms with van der Waals surface area (Å²) in [5, 5.41) is 5.33. The van der Waals surface area contributed by atoms with E-state index in [1.54, 1.807) is 19.1 Å². The maximum Gasteiger partial charge on any atom is 0.246 e. The maximum absolute atomic E-state index is 5.95. The molecular weight excluding hydrogens is 321 g/mol. The van der Waals surface area contributed by atoms with Gasteiger partial charge in [-0.1, -0.05) is 40.9 Å². The number of benzene rings is 1. The van der Waals surface area contributed by atoms with Gasteiger partial charge in [-0.05, 0) is 24.6 Å². The Kier molecular flexibility index (Phi) is 4.65. The largest absolute Gasteiger partial charge is 0.383 e. The van der Waals surface area contributed by atoms with Crippen LogP contribution >= 0.6 is 34.8 Å². The molecule has 1 aromatic heterocycles. The van der Waals surface area contributed by atoms with Crippen molar-refractivity contribution in [3.63, 3.8) is 0 Å². The minimum Gasteiger partial charge on any atom is -0.383 e. The number of nitrogen functional groups attached to an aromatic ring is 1. The van der Waals surface area contributed by atoms with Crippen molar-refractivity contribution in [1.29, 1.82) is 0 Å². The van der Waals surface area contributed by atoms with Crippen molar-refractivity contribution in [3.8, 4) is 0 Å². The summed E-state index contributed by atoms with van der Waals surface area (Å²) in [6.45, 7) is 1.81. The van der Waals surface area contributed by atoms with E-state index >= 15 is 0 Å². The lowest BCUT2D eigenvalue weighted by Crippen LogP contribution is -2.04. The van der Waals surface area contributed by atoms with Crippen LogP contribution in [0, 0.1) is 0 Å². The second-order valence-electron chi connectivity index (χ2n) is 3.88. The Balaban J connectivity index is 2.19. The topological polar surface area (TPSA) is 76.2 Å². The molecule has 0 bridgehead atoms. The molecule has 3 N–H and O–H groups in total. The van der Waals surface area contributed by atoms with Gasteiger partial charge in [-0.2, -0.15) is 15.1 Å². The van der Waals surface area contributed by atoms with Crippen molar-refractivity contribution in [1.82, 2.24) is 9.97 Å². The van der Waals surface area contributed by atoms with Crippen LogP contribution < -0.4 is 11.2 Å². The van der Waals surface area contributed by atoms with E-state index in [0.717, 1.165) is 5.56 Å². The number of nitrogens with two attached hydrogens (primary N) is 1. The second kappa shape index (κ2) is 6.26. The standard InChI is InChI=1S/C12H10Cl3N5/c1-6(7-2-3-8(13)9(14)4-7)19-20-12-17-10(15)5-11(16)18-12/h2-5H,1H3,(H3,16,17,18,20)/b19-6+. The fourth-order valence-corrected chi connectivity index (χ4v) is 1.89. The van der Waals surface area contributed by atoms with Crippen LogP contribution in [-0.4, -0.2) is 15.7 Å². The van der Waals surface area contributed by atoms with Crippen LogP contribution in [0.5, 0.6) is 0 Å². The van der Waals surface area contributed by atoms with E-state index in [-0.39, 0.29) is 16.9 Å². The summed E-state index contributed by atoms with van der Waals surface area (Å²) >= 11 is 17.6. The summed E-state index contributed by atoms with van der Waals surface area (Å²) in [5.74, 6) is 0.476. The first-order valence-corrected chi connectivity index (χ1v) is 6.65. The Hall–Kier alpha value is -1.56. The van der Waals surface area contributed by atoms with Gasteiger partial charge in [0.15, 0.2) is 0 Å². The molecule has 20 heavy (non-hydrogen) atoms. The summed E-state index contributed by atoms with van der Waals surface area (Å²) in [5.41, 5.74) is 9.75. The highest BCUT2D eigenvalue weighted by Crippen LogP contribution is 2.23. The highest BCUT2D eigenvalue weighted by Gasteiger charge is 2.04. The SMILES string of the molecule is C/C(=N\Nc1nc(N)cc(Cl)n1)c1ccc(Cl)c(Cl)c1. The van der Waals surface area contributed by atoms with E-state index in [0.29, 0.717) is 15.8 Å². The third-order valence-electron chi connectivity index (χ3n) is 2.38. The molecule has 0 radical (unpaired) electrons. The monoisotopic (exact) mass is 329 g/mol. The van der Waals surface area contributed by atoms with Gasteiger partial charge < -0.3 is 5.73 Å². The molecule has 0 atom stereocenters. The lowest BCUT2D eigenvalue weighted by Gasteiger charge is -2.04. The lowest BCUT2D eigenvalue weighted by atomic mass is 10.1. The van der Waals surface area contributed by atoms with Crippen molar-refractivity contribution in [2.75, 3.05) is 11.2 Å². The molecule has 0 saturated carbocycles. The van der Waals surface area contributed by atoms with Gasteiger partial charge in [-0.15, -0.1) is 0 Å². The highest BCUT2D eigenvalue weighted by atomic mass is 35.5. The first-order chi connectivity index (χ1) is 9.45. The number of rotatable bonds is 3.